The van der Waals surface area contributed by atoms with Gasteiger partial charge in [-0.2, -0.15) is 0 Å². The molecule has 0 spiro atoms. The van der Waals surface area contributed by atoms with Crippen molar-refractivity contribution in [3.05, 3.63) is 29.8 Å². The number of aliphatic hydroxyl groups is 1. The molecule has 1 aromatic rings. The summed E-state index contributed by atoms with van der Waals surface area (Å²) >= 11 is 0. The van der Waals surface area contributed by atoms with Crippen molar-refractivity contribution in [1.82, 2.24) is 0 Å². The first-order chi connectivity index (χ1) is 7.68. The van der Waals surface area contributed by atoms with Crippen LogP contribution in [0, 0.1) is 12.8 Å². The molecule has 0 radical (unpaired) electrons. The maximum absolute atomic E-state index is 9.68. The largest absolute Gasteiger partial charge is 0.394 e. The molecular weight excluding hydrogens is 198 g/mol. The van der Waals surface area contributed by atoms with E-state index in [4.69, 9.17) is 0 Å². The summed E-state index contributed by atoms with van der Waals surface area (Å²) in [6.45, 7) is 4.56. The van der Waals surface area contributed by atoms with E-state index < -0.39 is 0 Å². The standard InChI is InChI=1S/C14H21NO/c1-11-6-3-4-8-13(11)15-14(10-16)9-5-7-12(14)2/h3-4,6,8,12,15-16H,5,7,9-10H2,1-2H3. The fourth-order valence-electron chi connectivity index (χ4n) is 2.69. The van der Waals surface area contributed by atoms with Crippen LogP contribution in [0.4, 0.5) is 5.69 Å². The van der Waals surface area contributed by atoms with Gasteiger partial charge in [0.15, 0.2) is 0 Å². The first-order valence-corrected chi connectivity index (χ1v) is 6.12. The lowest BCUT2D eigenvalue weighted by Gasteiger charge is -2.34. The molecule has 1 aromatic carbocycles. The molecule has 1 saturated carbocycles. The summed E-state index contributed by atoms with van der Waals surface area (Å²) in [6, 6.07) is 8.29. The van der Waals surface area contributed by atoms with E-state index in [2.05, 4.69) is 31.3 Å². The quantitative estimate of drug-likeness (QED) is 0.819. The zero-order valence-electron chi connectivity index (χ0n) is 10.2. The van der Waals surface area contributed by atoms with Crippen LogP contribution in [-0.4, -0.2) is 17.3 Å². The van der Waals surface area contributed by atoms with Gasteiger partial charge in [-0.15, -0.1) is 0 Å². The van der Waals surface area contributed by atoms with Gasteiger partial charge >= 0.3 is 0 Å². The highest BCUT2D eigenvalue weighted by Crippen LogP contribution is 2.38. The Hall–Kier alpha value is -1.02. The number of anilines is 1. The highest BCUT2D eigenvalue weighted by molar-refractivity contribution is 5.52. The number of aryl methyl sites for hydroxylation is 1. The second-order valence-electron chi connectivity index (χ2n) is 5.05. The minimum Gasteiger partial charge on any atom is -0.394 e. The molecule has 16 heavy (non-hydrogen) atoms. The van der Waals surface area contributed by atoms with Crippen molar-refractivity contribution in [2.45, 2.75) is 38.6 Å². The topological polar surface area (TPSA) is 32.3 Å². The van der Waals surface area contributed by atoms with Gasteiger partial charge in [-0.3, -0.25) is 0 Å². The van der Waals surface area contributed by atoms with Crippen LogP contribution in [0.25, 0.3) is 0 Å². The normalized spacial score (nSPS) is 29.3. The van der Waals surface area contributed by atoms with Crippen LogP contribution in [0.2, 0.25) is 0 Å². The van der Waals surface area contributed by atoms with Crippen molar-refractivity contribution in [3.63, 3.8) is 0 Å². The fourth-order valence-corrected chi connectivity index (χ4v) is 2.69. The van der Waals surface area contributed by atoms with Crippen LogP contribution < -0.4 is 5.32 Å². The van der Waals surface area contributed by atoms with Gasteiger partial charge in [0, 0.05) is 5.69 Å². The zero-order valence-corrected chi connectivity index (χ0v) is 10.2. The Balaban J connectivity index is 2.22. The van der Waals surface area contributed by atoms with Crippen LogP contribution in [0.5, 0.6) is 0 Å². The molecule has 0 amide bonds. The highest BCUT2D eigenvalue weighted by atomic mass is 16.3. The van der Waals surface area contributed by atoms with E-state index in [9.17, 15) is 5.11 Å². The second-order valence-corrected chi connectivity index (χ2v) is 5.05. The van der Waals surface area contributed by atoms with Gasteiger partial charge in [0.2, 0.25) is 0 Å². The van der Waals surface area contributed by atoms with Gasteiger partial charge in [0.05, 0.1) is 12.1 Å². The SMILES string of the molecule is Cc1ccccc1NC1(CO)CCCC1C. The Kier molecular flexibility index (Phi) is 3.20. The predicted octanol–water partition coefficient (Wildman–Crippen LogP) is 2.96. The maximum atomic E-state index is 9.68. The van der Waals surface area contributed by atoms with Crippen LogP contribution in [0.3, 0.4) is 0 Å². The molecule has 1 aliphatic rings. The minimum absolute atomic E-state index is 0.105. The summed E-state index contributed by atoms with van der Waals surface area (Å²) in [5, 5.41) is 13.2. The molecule has 88 valence electrons. The Morgan fingerprint density at radius 2 is 2.19 bits per heavy atom. The van der Waals surface area contributed by atoms with Crippen molar-refractivity contribution in [2.75, 3.05) is 11.9 Å². The molecule has 1 aliphatic carbocycles. The highest BCUT2D eigenvalue weighted by Gasteiger charge is 2.39. The molecule has 0 aliphatic heterocycles. The number of hydrogen-bond donors (Lipinski definition) is 2. The Bertz CT molecular complexity index is 364. The van der Waals surface area contributed by atoms with E-state index in [1.165, 1.54) is 18.4 Å². The lowest BCUT2D eigenvalue weighted by atomic mass is 9.88. The van der Waals surface area contributed by atoms with Crippen LogP contribution in [-0.2, 0) is 0 Å². The average molecular weight is 219 g/mol. The van der Waals surface area contributed by atoms with Crippen LogP contribution in [0.15, 0.2) is 24.3 Å². The summed E-state index contributed by atoms with van der Waals surface area (Å²) in [5.74, 6) is 0.539. The van der Waals surface area contributed by atoms with E-state index in [-0.39, 0.29) is 12.1 Å². The third kappa shape index (κ3) is 1.94. The van der Waals surface area contributed by atoms with Gasteiger partial charge in [-0.05, 0) is 37.3 Å². The summed E-state index contributed by atoms with van der Waals surface area (Å²) < 4.78 is 0. The van der Waals surface area contributed by atoms with Crippen LogP contribution in [0.1, 0.15) is 31.7 Å². The number of aliphatic hydroxyl groups excluding tert-OH is 1. The summed E-state index contributed by atoms with van der Waals surface area (Å²) in [6.07, 6.45) is 3.49. The number of rotatable bonds is 3. The van der Waals surface area contributed by atoms with E-state index in [1.807, 2.05) is 12.1 Å². The number of nitrogens with one attached hydrogen (secondary N) is 1. The predicted molar refractivity (Wildman–Crippen MR) is 67.6 cm³/mol. The maximum Gasteiger partial charge on any atom is 0.0664 e. The van der Waals surface area contributed by atoms with Gasteiger partial charge in [0.25, 0.3) is 0 Å². The first-order valence-electron chi connectivity index (χ1n) is 6.12. The van der Waals surface area contributed by atoms with E-state index in [0.29, 0.717) is 5.92 Å². The van der Waals surface area contributed by atoms with E-state index in [0.717, 1.165) is 12.1 Å². The molecular formula is C14H21NO. The lowest BCUT2D eigenvalue weighted by Crippen LogP contribution is -2.44. The van der Waals surface area contributed by atoms with Crippen molar-refractivity contribution in [2.24, 2.45) is 5.92 Å². The van der Waals surface area contributed by atoms with Gasteiger partial charge in [0.1, 0.15) is 0 Å². The zero-order chi connectivity index (χ0) is 11.6. The molecule has 2 nitrogen and oxygen atoms in total. The molecule has 2 heteroatoms. The van der Waals surface area contributed by atoms with E-state index in [1.54, 1.807) is 0 Å². The lowest BCUT2D eigenvalue weighted by molar-refractivity contribution is 0.184. The Morgan fingerprint density at radius 1 is 1.44 bits per heavy atom. The average Bonchev–Trinajstić information content (AvgIpc) is 2.64. The van der Waals surface area contributed by atoms with Crippen molar-refractivity contribution in [3.8, 4) is 0 Å². The third-order valence-electron chi connectivity index (χ3n) is 4.01. The molecule has 0 aromatic heterocycles. The third-order valence-corrected chi connectivity index (χ3v) is 4.01. The first kappa shape index (κ1) is 11.5. The summed E-state index contributed by atoms with van der Waals surface area (Å²) in [4.78, 5) is 0. The Labute approximate surface area is 97.7 Å². The molecule has 0 saturated heterocycles. The molecule has 1 fully saturated rings. The molecule has 2 rings (SSSR count). The monoisotopic (exact) mass is 219 g/mol. The molecule has 0 heterocycles. The van der Waals surface area contributed by atoms with E-state index >= 15 is 0 Å². The molecule has 2 N–H and O–H groups in total. The van der Waals surface area contributed by atoms with Crippen molar-refractivity contribution in [1.29, 1.82) is 0 Å². The van der Waals surface area contributed by atoms with Crippen molar-refractivity contribution < 1.29 is 5.11 Å². The molecule has 2 unspecified atom stereocenters. The smallest absolute Gasteiger partial charge is 0.0664 e. The number of benzene rings is 1. The van der Waals surface area contributed by atoms with Crippen LogP contribution >= 0.6 is 0 Å². The number of para-hydroxylation sites is 1. The van der Waals surface area contributed by atoms with Gasteiger partial charge in [-0.25, -0.2) is 0 Å². The summed E-state index contributed by atoms with van der Waals surface area (Å²) in [7, 11) is 0. The minimum atomic E-state index is -0.105. The fraction of sp³-hybridized carbons (Fsp3) is 0.571. The second kappa shape index (κ2) is 4.46. The molecule has 0 bridgehead atoms. The van der Waals surface area contributed by atoms with Crippen molar-refractivity contribution >= 4 is 5.69 Å². The van der Waals surface area contributed by atoms with Gasteiger partial charge < -0.3 is 10.4 Å². The van der Waals surface area contributed by atoms with Gasteiger partial charge in [-0.1, -0.05) is 31.5 Å². The Morgan fingerprint density at radius 3 is 2.75 bits per heavy atom. The number of hydrogen-bond acceptors (Lipinski definition) is 2. The summed E-state index contributed by atoms with van der Waals surface area (Å²) in [5.41, 5.74) is 2.30. The molecule has 2 atom stereocenters.